The van der Waals surface area contributed by atoms with Crippen molar-refractivity contribution in [3.8, 4) is 5.69 Å². The first-order chi connectivity index (χ1) is 18.4. The molecule has 1 saturated carbocycles. The Morgan fingerprint density at radius 1 is 0.974 bits per heavy atom. The number of hydrogen-bond donors (Lipinski definition) is 2. The number of benzene rings is 2. The van der Waals surface area contributed by atoms with Crippen LogP contribution in [0.3, 0.4) is 0 Å². The van der Waals surface area contributed by atoms with Gasteiger partial charge < -0.3 is 15.2 Å². The lowest BCUT2D eigenvalue weighted by atomic mass is 10.0. The van der Waals surface area contributed by atoms with Crippen molar-refractivity contribution in [2.24, 2.45) is 5.41 Å². The van der Waals surface area contributed by atoms with Crippen LogP contribution in [0, 0.1) is 5.41 Å². The summed E-state index contributed by atoms with van der Waals surface area (Å²) >= 11 is 0. The van der Waals surface area contributed by atoms with Crippen molar-refractivity contribution >= 4 is 28.5 Å². The molecule has 0 unspecified atom stereocenters. The van der Waals surface area contributed by atoms with Gasteiger partial charge >= 0.3 is 5.69 Å². The summed E-state index contributed by atoms with van der Waals surface area (Å²) in [6, 6.07) is 19.0. The molecular weight excluding hydrogens is 482 g/mol. The zero-order chi connectivity index (χ0) is 26.3. The molecule has 1 aliphatic heterocycles. The van der Waals surface area contributed by atoms with E-state index in [1.54, 1.807) is 52.1 Å². The van der Waals surface area contributed by atoms with Crippen molar-refractivity contribution in [2.45, 2.75) is 44.7 Å². The van der Waals surface area contributed by atoms with E-state index in [9.17, 15) is 19.2 Å². The summed E-state index contributed by atoms with van der Waals surface area (Å²) in [7, 11) is 0. The molecule has 2 N–H and O–H groups in total. The fourth-order valence-corrected chi connectivity index (χ4v) is 5.52. The molecule has 0 radical (unpaired) electrons. The number of aromatic amines is 1. The van der Waals surface area contributed by atoms with E-state index >= 15 is 0 Å². The minimum Gasteiger partial charge on any atom is -0.330 e. The number of amides is 2. The average Bonchev–Trinajstić information content (AvgIpc) is 3.45. The Morgan fingerprint density at radius 3 is 2.50 bits per heavy atom. The van der Waals surface area contributed by atoms with Gasteiger partial charge in [0, 0.05) is 43.1 Å². The van der Waals surface area contributed by atoms with Gasteiger partial charge in [0.25, 0.3) is 5.56 Å². The maximum atomic E-state index is 13.3. The van der Waals surface area contributed by atoms with E-state index in [2.05, 4.69) is 10.3 Å². The van der Waals surface area contributed by atoms with E-state index < -0.39 is 6.04 Å². The lowest BCUT2D eigenvalue weighted by Crippen LogP contribution is -2.43. The highest BCUT2D eigenvalue weighted by atomic mass is 16.2. The van der Waals surface area contributed by atoms with Crippen molar-refractivity contribution in [3.63, 3.8) is 0 Å². The van der Waals surface area contributed by atoms with Gasteiger partial charge in [0.1, 0.15) is 6.04 Å². The number of rotatable bonds is 7. The fraction of sp³-hybridized carbons (Fsp3) is 0.310. The van der Waals surface area contributed by atoms with Gasteiger partial charge in [0.05, 0.1) is 11.0 Å². The van der Waals surface area contributed by atoms with Crippen LogP contribution in [0.5, 0.6) is 0 Å². The number of aromatic nitrogens is 3. The first-order valence-electron chi connectivity index (χ1n) is 13.0. The molecule has 1 saturated heterocycles. The Balaban J connectivity index is 1.11. The van der Waals surface area contributed by atoms with Crippen LogP contribution >= 0.6 is 0 Å². The molecule has 2 aromatic carbocycles. The summed E-state index contributed by atoms with van der Waals surface area (Å²) in [5.41, 5.74) is 2.67. The van der Waals surface area contributed by atoms with E-state index in [0.29, 0.717) is 37.3 Å². The number of para-hydroxylation sites is 2. The van der Waals surface area contributed by atoms with Crippen molar-refractivity contribution in [1.29, 1.82) is 0 Å². The number of H-pyrrole nitrogens is 1. The Hall–Kier alpha value is -4.40. The molecule has 38 heavy (non-hydrogen) atoms. The molecule has 4 aromatic rings. The van der Waals surface area contributed by atoms with Crippen molar-refractivity contribution in [1.82, 2.24) is 19.0 Å². The maximum Gasteiger partial charge on any atom is 0.326 e. The van der Waals surface area contributed by atoms with Gasteiger partial charge in [-0.15, -0.1) is 0 Å². The smallest absolute Gasteiger partial charge is 0.326 e. The summed E-state index contributed by atoms with van der Waals surface area (Å²) in [4.78, 5) is 55.5. The fourth-order valence-electron chi connectivity index (χ4n) is 5.52. The Kier molecular flexibility index (Phi) is 5.98. The third kappa shape index (κ3) is 4.55. The van der Waals surface area contributed by atoms with Crippen LogP contribution in [-0.4, -0.2) is 43.4 Å². The summed E-state index contributed by atoms with van der Waals surface area (Å²) in [5, 5.41) is 2.96. The number of fused-ring (bicyclic) bond motifs is 1. The molecule has 2 amide bonds. The van der Waals surface area contributed by atoms with Gasteiger partial charge in [-0.05, 0) is 73.6 Å². The van der Waals surface area contributed by atoms with Gasteiger partial charge in [0.15, 0.2) is 0 Å². The molecule has 2 aliphatic rings. The SMILES string of the molecule is O=C(Nc1ccc(-n2ccccc2=O)cc1)[C@@H]1CC2(CC2)CN1C(=O)CCCn1c(=O)[nH]c2ccccc21. The van der Waals surface area contributed by atoms with Gasteiger partial charge in [-0.3, -0.25) is 23.5 Å². The topological polar surface area (TPSA) is 109 Å². The lowest BCUT2D eigenvalue weighted by Gasteiger charge is -2.24. The van der Waals surface area contributed by atoms with Crippen LogP contribution in [0.4, 0.5) is 5.69 Å². The largest absolute Gasteiger partial charge is 0.330 e. The van der Waals surface area contributed by atoms with Gasteiger partial charge in [-0.25, -0.2) is 4.79 Å². The molecule has 1 spiro atoms. The van der Waals surface area contributed by atoms with E-state index in [0.717, 1.165) is 23.9 Å². The molecule has 2 fully saturated rings. The molecule has 1 atom stereocenters. The van der Waals surface area contributed by atoms with E-state index in [4.69, 9.17) is 0 Å². The summed E-state index contributed by atoms with van der Waals surface area (Å²) in [6.45, 7) is 1.04. The number of imidazole rings is 1. The molecule has 9 nitrogen and oxygen atoms in total. The molecule has 3 heterocycles. The van der Waals surface area contributed by atoms with Crippen LogP contribution in [-0.2, 0) is 16.1 Å². The predicted octanol–water partition coefficient (Wildman–Crippen LogP) is 3.28. The van der Waals surface area contributed by atoms with E-state index in [-0.39, 0.29) is 34.9 Å². The number of hydrogen-bond acceptors (Lipinski definition) is 4. The number of carbonyl (C=O) groups excluding carboxylic acids is 2. The number of nitrogens with zero attached hydrogens (tertiary/aromatic N) is 3. The molecule has 194 valence electrons. The number of pyridine rings is 1. The first-order valence-corrected chi connectivity index (χ1v) is 13.0. The number of aryl methyl sites for hydroxylation is 1. The van der Waals surface area contributed by atoms with Crippen molar-refractivity contribution in [2.75, 3.05) is 11.9 Å². The zero-order valence-electron chi connectivity index (χ0n) is 20.9. The number of carbonyl (C=O) groups is 2. The molecule has 2 aromatic heterocycles. The third-order valence-corrected chi connectivity index (χ3v) is 7.78. The Bertz CT molecular complexity index is 1630. The highest BCUT2D eigenvalue weighted by Crippen LogP contribution is 2.55. The summed E-state index contributed by atoms with van der Waals surface area (Å²) < 4.78 is 3.19. The summed E-state index contributed by atoms with van der Waals surface area (Å²) in [5.74, 6) is -0.250. The average molecular weight is 512 g/mol. The Labute approximate surface area is 218 Å². The molecular formula is C29H29N5O4. The Morgan fingerprint density at radius 2 is 1.74 bits per heavy atom. The second kappa shape index (κ2) is 9.48. The maximum absolute atomic E-state index is 13.3. The third-order valence-electron chi connectivity index (χ3n) is 7.78. The monoisotopic (exact) mass is 511 g/mol. The van der Waals surface area contributed by atoms with Crippen LogP contribution in [0.2, 0.25) is 0 Å². The minimum absolute atomic E-state index is 0.0550. The lowest BCUT2D eigenvalue weighted by molar-refractivity contribution is -0.136. The quantitative estimate of drug-likeness (QED) is 0.397. The normalized spacial score (nSPS) is 17.7. The van der Waals surface area contributed by atoms with Crippen LogP contribution in [0.1, 0.15) is 32.1 Å². The predicted molar refractivity (Wildman–Crippen MR) is 144 cm³/mol. The highest BCUT2D eigenvalue weighted by molar-refractivity contribution is 5.97. The highest BCUT2D eigenvalue weighted by Gasteiger charge is 2.54. The van der Waals surface area contributed by atoms with Crippen LogP contribution in [0.15, 0.2) is 82.5 Å². The van der Waals surface area contributed by atoms with E-state index in [1.165, 1.54) is 10.6 Å². The van der Waals surface area contributed by atoms with Gasteiger partial charge in [-0.2, -0.15) is 0 Å². The second-order valence-corrected chi connectivity index (χ2v) is 10.4. The van der Waals surface area contributed by atoms with Gasteiger partial charge in [-0.1, -0.05) is 18.2 Å². The first kappa shape index (κ1) is 24.0. The summed E-state index contributed by atoms with van der Waals surface area (Å²) in [6.07, 6.45) is 5.22. The molecule has 1 aliphatic carbocycles. The molecule has 0 bridgehead atoms. The number of nitrogens with one attached hydrogen (secondary N) is 2. The van der Waals surface area contributed by atoms with Crippen LogP contribution in [0.25, 0.3) is 16.7 Å². The van der Waals surface area contributed by atoms with Crippen molar-refractivity contribution in [3.05, 3.63) is 93.8 Å². The van der Waals surface area contributed by atoms with Crippen LogP contribution < -0.4 is 16.6 Å². The van der Waals surface area contributed by atoms with E-state index in [1.807, 2.05) is 24.3 Å². The van der Waals surface area contributed by atoms with Gasteiger partial charge in [0.2, 0.25) is 11.8 Å². The standard InChI is InChI=1S/C29H29N5O4/c35-25-8-3-4-16-32(25)21-12-10-20(11-13-21)30-27(37)24-18-29(14-15-29)19-34(24)26(36)9-5-17-33-23-7-2-1-6-22(23)31-28(33)38/h1-4,6-8,10-13,16,24H,5,9,14-15,17-19H2,(H,30,37)(H,31,38)/t24-/m0/s1. The molecule has 9 heteroatoms. The molecule has 6 rings (SSSR count). The number of likely N-dealkylation sites (tertiary alicyclic amines) is 1. The minimum atomic E-state index is -0.516. The zero-order valence-corrected chi connectivity index (χ0v) is 20.9. The second-order valence-electron chi connectivity index (χ2n) is 10.4. The number of anilines is 1. The van der Waals surface area contributed by atoms with Crippen molar-refractivity contribution < 1.29 is 9.59 Å².